The second-order valence-electron chi connectivity index (χ2n) is 4.53. The molecule has 1 spiro atoms. The fraction of sp³-hybridized carbons (Fsp3) is 0.615. The van der Waals surface area contributed by atoms with Crippen molar-refractivity contribution < 1.29 is 9.47 Å². The van der Waals surface area contributed by atoms with Crippen molar-refractivity contribution in [2.45, 2.75) is 32.0 Å². The summed E-state index contributed by atoms with van der Waals surface area (Å²) in [4.78, 5) is 0. The maximum Gasteiger partial charge on any atom is 0.172 e. The average molecular weight is 236 g/mol. The van der Waals surface area contributed by atoms with Crippen LogP contribution in [0.5, 0.6) is 0 Å². The molecule has 4 heteroatoms. The molecule has 2 aliphatic rings. The van der Waals surface area contributed by atoms with Crippen LogP contribution in [0.25, 0.3) is 0 Å². The number of hydrogen-bond acceptors (Lipinski definition) is 4. The summed E-state index contributed by atoms with van der Waals surface area (Å²) in [6.07, 6.45) is 6.41. The second-order valence-corrected chi connectivity index (χ2v) is 4.53. The zero-order valence-corrected chi connectivity index (χ0v) is 10.5. The molecule has 1 saturated heterocycles. The molecular formula is C13H20N2O2. The van der Waals surface area contributed by atoms with Crippen molar-refractivity contribution >= 4 is 5.71 Å². The Hall–Kier alpha value is -1.13. The quantitative estimate of drug-likeness (QED) is 0.737. The van der Waals surface area contributed by atoms with Crippen LogP contribution in [0.4, 0.5) is 0 Å². The maximum absolute atomic E-state index is 8.01. The van der Waals surface area contributed by atoms with Crippen molar-refractivity contribution in [1.29, 1.82) is 5.41 Å². The van der Waals surface area contributed by atoms with Gasteiger partial charge in [-0.3, -0.25) is 0 Å². The molecule has 0 radical (unpaired) electrons. The summed E-state index contributed by atoms with van der Waals surface area (Å²) in [6.45, 7) is 3.35. The summed E-state index contributed by atoms with van der Waals surface area (Å²) >= 11 is 0. The van der Waals surface area contributed by atoms with Gasteiger partial charge in [-0.2, -0.15) is 0 Å². The lowest BCUT2D eigenvalue weighted by Crippen LogP contribution is -2.32. The van der Waals surface area contributed by atoms with Crippen LogP contribution in [0.2, 0.25) is 0 Å². The Kier molecular flexibility index (Phi) is 3.64. The molecule has 2 N–H and O–H groups in total. The largest absolute Gasteiger partial charge is 0.392 e. The molecule has 1 aliphatic carbocycles. The summed E-state index contributed by atoms with van der Waals surface area (Å²) in [6, 6.07) is 0. The van der Waals surface area contributed by atoms with Crippen LogP contribution in [0, 0.1) is 5.41 Å². The van der Waals surface area contributed by atoms with Crippen LogP contribution in [0.3, 0.4) is 0 Å². The van der Waals surface area contributed by atoms with Crippen LogP contribution < -0.4 is 5.32 Å². The van der Waals surface area contributed by atoms with Gasteiger partial charge in [-0.15, -0.1) is 0 Å². The standard InChI is InChI=1S/C13H20N2O2/c1-10(15-2)9-12(14)11-3-5-13(6-4-11)16-7-8-17-13/h3,9,14-15H,4-8H2,1-2H3/b10-9-,14-12?. The highest BCUT2D eigenvalue weighted by atomic mass is 16.7. The molecule has 17 heavy (non-hydrogen) atoms. The van der Waals surface area contributed by atoms with Gasteiger partial charge in [0.15, 0.2) is 5.79 Å². The lowest BCUT2D eigenvalue weighted by Gasteiger charge is -2.30. The molecule has 0 aromatic heterocycles. The minimum absolute atomic E-state index is 0.383. The summed E-state index contributed by atoms with van der Waals surface area (Å²) in [5.74, 6) is -0.383. The lowest BCUT2D eigenvalue weighted by molar-refractivity contribution is -0.161. The molecule has 0 aromatic rings. The predicted molar refractivity (Wildman–Crippen MR) is 67.1 cm³/mol. The zero-order valence-electron chi connectivity index (χ0n) is 10.5. The second kappa shape index (κ2) is 5.02. The van der Waals surface area contributed by atoms with E-state index in [0.717, 1.165) is 30.5 Å². The van der Waals surface area contributed by atoms with Crippen LogP contribution >= 0.6 is 0 Å². The Morgan fingerprint density at radius 2 is 2.18 bits per heavy atom. The van der Waals surface area contributed by atoms with Crippen molar-refractivity contribution in [2.24, 2.45) is 0 Å². The monoisotopic (exact) mass is 236 g/mol. The SMILES string of the molecule is CN/C(C)=C\C(=N)C1=CCC2(CC1)OCCO2. The molecule has 0 saturated carbocycles. The minimum Gasteiger partial charge on any atom is -0.392 e. The first-order valence-electron chi connectivity index (χ1n) is 6.07. The fourth-order valence-electron chi connectivity index (χ4n) is 2.19. The number of ether oxygens (including phenoxy) is 2. The van der Waals surface area contributed by atoms with Gasteiger partial charge in [0, 0.05) is 25.6 Å². The van der Waals surface area contributed by atoms with E-state index >= 15 is 0 Å². The van der Waals surface area contributed by atoms with Crippen molar-refractivity contribution in [2.75, 3.05) is 20.3 Å². The van der Waals surface area contributed by atoms with E-state index in [9.17, 15) is 0 Å². The number of allylic oxidation sites excluding steroid dienone is 3. The van der Waals surface area contributed by atoms with Crippen molar-refractivity contribution in [3.63, 3.8) is 0 Å². The van der Waals surface area contributed by atoms with Gasteiger partial charge >= 0.3 is 0 Å². The van der Waals surface area contributed by atoms with E-state index in [1.54, 1.807) is 0 Å². The highest BCUT2D eigenvalue weighted by Crippen LogP contribution is 2.35. The van der Waals surface area contributed by atoms with Gasteiger partial charge in [0.05, 0.1) is 18.9 Å². The Balaban J connectivity index is 2.01. The van der Waals surface area contributed by atoms with Crippen molar-refractivity contribution in [1.82, 2.24) is 5.32 Å². The van der Waals surface area contributed by atoms with Gasteiger partial charge in [0.1, 0.15) is 0 Å². The normalized spacial score (nSPS) is 23.6. The van der Waals surface area contributed by atoms with Gasteiger partial charge in [-0.05, 0) is 25.0 Å². The van der Waals surface area contributed by atoms with Gasteiger partial charge in [-0.1, -0.05) is 6.08 Å². The van der Waals surface area contributed by atoms with E-state index in [1.807, 2.05) is 20.0 Å². The van der Waals surface area contributed by atoms with Crippen LogP contribution in [-0.4, -0.2) is 31.8 Å². The maximum atomic E-state index is 8.01. The van der Waals surface area contributed by atoms with E-state index < -0.39 is 0 Å². The molecule has 0 bridgehead atoms. The Morgan fingerprint density at radius 1 is 1.47 bits per heavy atom. The third-order valence-electron chi connectivity index (χ3n) is 3.35. The number of nitrogens with one attached hydrogen (secondary N) is 2. The lowest BCUT2D eigenvalue weighted by atomic mass is 9.91. The first kappa shape index (κ1) is 12.3. The molecule has 1 heterocycles. The minimum atomic E-state index is -0.383. The van der Waals surface area contributed by atoms with Crippen molar-refractivity contribution in [3.8, 4) is 0 Å². The summed E-state index contributed by atoms with van der Waals surface area (Å²) in [5.41, 5.74) is 2.68. The molecule has 0 atom stereocenters. The summed E-state index contributed by atoms with van der Waals surface area (Å²) in [7, 11) is 1.86. The molecule has 1 aliphatic heterocycles. The Morgan fingerprint density at radius 3 is 2.71 bits per heavy atom. The molecule has 0 amide bonds. The first-order chi connectivity index (χ1) is 8.15. The zero-order chi connectivity index (χ0) is 12.3. The highest BCUT2D eigenvalue weighted by Gasteiger charge is 2.37. The average Bonchev–Trinajstić information content (AvgIpc) is 2.78. The van der Waals surface area contributed by atoms with Crippen LogP contribution in [-0.2, 0) is 9.47 Å². The van der Waals surface area contributed by atoms with E-state index in [2.05, 4.69) is 11.4 Å². The smallest absolute Gasteiger partial charge is 0.172 e. The summed E-state index contributed by atoms with van der Waals surface area (Å²) in [5, 5.41) is 11.0. The van der Waals surface area contributed by atoms with E-state index in [-0.39, 0.29) is 5.79 Å². The third-order valence-corrected chi connectivity index (χ3v) is 3.35. The van der Waals surface area contributed by atoms with Crippen molar-refractivity contribution in [3.05, 3.63) is 23.4 Å². The van der Waals surface area contributed by atoms with Gasteiger partial charge in [0.25, 0.3) is 0 Å². The molecule has 0 aromatic carbocycles. The van der Waals surface area contributed by atoms with Gasteiger partial charge in [0.2, 0.25) is 0 Å². The molecule has 0 unspecified atom stereocenters. The predicted octanol–water partition coefficient (Wildman–Crippen LogP) is 1.98. The molecule has 94 valence electrons. The van der Waals surface area contributed by atoms with E-state index in [4.69, 9.17) is 14.9 Å². The molecular weight excluding hydrogens is 216 g/mol. The Bertz CT molecular complexity index is 366. The van der Waals surface area contributed by atoms with E-state index in [0.29, 0.717) is 18.9 Å². The highest BCUT2D eigenvalue weighted by molar-refractivity contribution is 6.06. The number of hydrogen-bond donors (Lipinski definition) is 2. The number of rotatable bonds is 3. The Labute approximate surface area is 102 Å². The van der Waals surface area contributed by atoms with Gasteiger partial charge in [-0.25, -0.2) is 0 Å². The molecule has 1 fully saturated rings. The van der Waals surface area contributed by atoms with Crippen LogP contribution in [0.15, 0.2) is 23.4 Å². The molecule has 4 nitrogen and oxygen atoms in total. The first-order valence-corrected chi connectivity index (χ1v) is 6.07. The van der Waals surface area contributed by atoms with Crippen LogP contribution in [0.1, 0.15) is 26.2 Å². The molecule has 2 rings (SSSR count). The topological polar surface area (TPSA) is 54.3 Å². The third kappa shape index (κ3) is 2.76. The fourth-order valence-corrected chi connectivity index (χ4v) is 2.19. The summed E-state index contributed by atoms with van der Waals surface area (Å²) < 4.78 is 11.3. The van der Waals surface area contributed by atoms with Gasteiger partial charge < -0.3 is 20.2 Å². The van der Waals surface area contributed by atoms with E-state index in [1.165, 1.54) is 0 Å².